The monoisotopic (exact) mass is 376 g/mol. The third kappa shape index (κ3) is 5.91. The first-order valence-electron chi connectivity index (χ1n) is 8.89. The maximum atomic E-state index is 5.68. The minimum absolute atomic E-state index is 0.615. The summed E-state index contributed by atoms with van der Waals surface area (Å²) in [7, 11) is 3.88. The molecule has 0 aliphatic heterocycles. The summed E-state index contributed by atoms with van der Waals surface area (Å²) in [6.45, 7) is 6.62. The van der Waals surface area contributed by atoms with Gasteiger partial charge in [-0.05, 0) is 56.2 Å². The van der Waals surface area contributed by atoms with Gasteiger partial charge in [-0.15, -0.1) is 0 Å². The van der Waals surface area contributed by atoms with Crippen molar-refractivity contribution < 1.29 is 9.47 Å². The van der Waals surface area contributed by atoms with Gasteiger partial charge in [0.25, 0.3) is 0 Å². The van der Waals surface area contributed by atoms with E-state index in [4.69, 9.17) is 21.7 Å². The second-order valence-electron chi connectivity index (χ2n) is 5.97. The van der Waals surface area contributed by atoms with Crippen LogP contribution >= 0.6 is 12.2 Å². The highest BCUT2D eigenvalue weighted by molar-refractivity contribution is 7.80. The number of ether oxygens (including phenoxy) is 2. The van der Waals surface area contributed by atoms with E-state index >= 15 is 0 Å². The normalized spacial score (nSPS) is 10.5. The number of benzene rings is 1. The topological polar surface area (TPSA) is 51.5 Å². The maximum Gasteiger partial charge on any atom is 0.169 e. The third-order valence-electron chi connectivity index (χ3n) is 3.81. The van der Waals surface area contributed by atoms with E-state index in [-0.39, 0.29) is 0 Å². The molecular weight excluding hydrogens is 348 g/mol. The highest BCUT2D eigenvalue weighted by Crippen LogP contribution is 2.28. The van der Waals surface area contributed by atoms with E-state index in [1.165, 1.54) is 5.56 Å². The number of nitrogens with one attached hydrogen (secondary N) is 1. The van der Waals surface area contributed by atoms with E-state index in [9.17, 15) is 0 Å². The highest BCUT2D eigenvalue weighted by Gasteiger charge is 2.08. The number of rotatable bonds is 9. The fourth-order valence-corrected chi connectivity index (χ4v) is 2.73. The van der Waals surface area contributed by atoms with Gasteiger partial charge in [0.1, 0.15) is 0 Å². The van der Waals surface area contributed by atoms with Crippen molar-refractivity contribution in [1.82, 2.24) is 20.0 Å². The van der Waals surface area contributed by atoms with Gasteiger partial charge in [0.2, 0.25) is 0 Å². The van der Waals surface area contributed by atoms with E-state index in [0.717, 1.165) is 30.2 Å². The Morgan fingerprint density at radius 3 is 2.58 bits per heavy atom. The van der Waals surface area contributed by atoms with Crippen LogP contribution in [0.3, 0.4) is 0 Å². The zero-order chi connectivity index (χ0) is 18.9. The molecule has 0 radical (unpaired) electrons. The summed E-state index contributed by atoms with van der Waals surface area (Å²) in [6, 6.07) is 8.07. The lowest BCUT2D eigenvalue weighted by Gasteiger charge is -2.20. The van der Waals surface area contributed by atoms with E-state index in [1.54, 1.807) is 4.68 Å². The molecule has 0 bridgehead atoms. The first kappa shape index (κ1) is 20.0. The number of aromatic nitrogens is 2. The molecule has 0 saturated heterocycles. The number of hydrogen-bond donors (Lipinski definition) is 1. The lowest BCUT2D eigenvalue weighted by molar-refractivity contribution is 0.287. The molecule has 1 aromatic heterocycles. The van der Waals surface area contributed by atoms with Gasteiger partial charge >= 0.3 is 0 Å². The van der Waals surface area contributed by atoms with Crippen LogP contribution in [0.25, 0.3) is 0 Å². The quantitative estimate of drug-likeness (QED) is 0.679. The van der Waals surface area contributed by atoms with Gasteiger partial charge in [0.15, 0.2) is 16.6 Å². The molecule has 142 valence electrons. The van der Waals surface area contributed by atoms with Crippen LogP contribution in [0.5, 0.6) is 11.5 Å². The number of thiocarbonyl (C=S) groups is 1. The molecule has 7 heteroatoms. The fraction of sp³-hybridized carbons (Fsp3) is 0.474. The van der Waals surface area contributed by atoms with E-state index in [2.05, 4.69) is 16.5 Å². The van der Waals surface area contributed by atoms with Gasteiger partial charge in [0.05, 0.1) is 25.5 Å². The number of hydrogen-bond acceptors (Lipinski definition) is 4. The molecule has 0 atom stereocenters. The molecule has 0 unspecified atom stereocenters. The van der Waals surface area contributed by atoms with Gasteiger partial charge in [-0.25, -0.2) is 0 Å². The molecule has 2 aromatic rings. The van der Waals surface area contributed by atoms with Gasteiger partial charge < -0.3 is 19.7 Å². The van der Waals surface area contributed by atoms with Crippen molar-refractivity contribution in [3.63, 3.8) is 0 Å². The Balaban J connectivity index is 1.84. The Kier molecular flexibility index (Phi) is 7.72. The van der Waals surface area contributed by atoms with Gasteiger partial charge in [-0.1, -0.05) is 6.07 Å². The summed E-state index contributed by atoms with van der Waals surface area (Å²) in [5, 5.41) is 8.39. The van der Waals surface area contributed by atoms with Crippen LogP contribution in [-0.2, 0) is 20.0 Å². The molecule has 0 aliphatic rings. The third-order valence-corrected chi connectivity index (χ3v) is 4.27. The Hall–Kier alpha value is -2.28. The second kappa shape index (κ2) is 10.0. The first-order valence-corrected chi connectivity index (χ1v) is 9.30. The Morgan fingerprint density at radius 1 is 1.19 bits per heavy atom. The molecule has 1 N–H and O–H groups in total. The Bertz CT molecular complexity index is 717. The van der Waals surface area contributed by atoms with Crippen LogP contribution in [0.2, 0.25) is 0 Å². The van der Waals surface area contributed by atoms with Crippen molar-refractivity contribution in [2.24, 2.45) is 7.05 Å². The molecule has 0 fully saturated rings. The summed E-state index contributed by atoms with van der Waals surface area (Å²) in [5.41, 5.74) is 2.17. The SMILES string of the molecule is CCOc1ccc(CCNC(=S)N(C)Cc2ccn(C)n2)cc1OCC. The molecule has 0 amide bonds. The largest absolute Gasteiger partial charge is 0.490 e. The van der Waals surface area contributed by atoms with Crippen molar-refractivity contribution in [3.05, 3.63) is 41.7 Å². The van der Waals surface area contributed by atoms with Crippen molar-refractivity contribution in [2.45, 2.75) is 26.8 Å². The van der Waals surface area contributed by atoms with E-state index < -0.39 is 0 Å². The van der Waals surface area contributed by atoms with Crippen molar-refractivity contribution in [2.75, 3.05) is 26.8 Å². The highest BCUT2D eigenvalue weighted by atomic mass is 32.1. The summed E-state index contributed by atoms with van der Waals surface area (Å²) in [6.07, 6.45) is 2.78. The summed E-state index contributed by atoms with van der Waals surface area (Å²) in [4.78, 5) is 1.99. The molecule has 0 spiro atoms. The first-order chi connectivity index (χ1) is 12.5. The molecule has 0 saturated carbocycles. The lowest BCUT2D eigenvalue weighted by atomic mass is 10.1. The molecule has 2 rings (SSSR count). The number of nitrogens with zero attached hydrogens (tertiary/aromatic N) is 3. The van der Waals surface area contributed by atoms with Gasteiger partial charge in [-0.2, -0.15) is 5.10 Å². The zero-order valence-electron chi connectivity index (χ0n) is 16.0. The Labute approximate surface area is 161 Å². The molecule has 26 heavy (non-hydrogen) atoms. The van der Waals surface area contributed by atoms with E-state index in [1.807, 2.05) is 57.2 Å². The average molecular weight is 377 g/mol. The van der Waals surface area contributed by atoms with Crippen molar-refractivity contribution in [3.8, 4) is 11.5 Å². The van der Waals surface area contributed by atoms with Crippen LogP contribution in [0, 0.1) is 0 Å². The van der Waals surface area contributed by atoms with Crippen LogP contribution in [-0.4, -0.2) is 46.6 Å². The number of aryl methyl sites for hydroxylation is 1. The van der Waals surface area contributed by atoms with Crippen LogP contribution in [0.4, 0.5) is 0 Å². The van der Waals surface area contributed by atoms with Crippen molar-refractivity contribution in [1.29, 1.82) is 0 Å². The summed E-state index contributed by atoms with van der Waals surface area (Å²) < 4.78 is 13.1. The minimum atomic E-state index is 0.615. The summed E-state index contributed by atoms with van der Waals surface area (Å²) in [5.74, 6) is 1.58. The van der Waals surface area contributed by atoms with Gasteiger partial charge in [-0.3, -0.25) is 4.68 Å². The van der Waals surface area contributed by atoms with Gasteiger partial charge in [0, 0.05) is 26.8 Å². The molecule has 0 aliphatic carbocycles. The Morgan fingerprint density at radius 2 is 1.92 bits per heavy atom. The predicted octanol–water partition coefficient (Wildman–Crippen LogP) is 2.77. The van der Waals surface area contributed by atoms with Crippen LogP contribution < -0.4 is 14.8 Å². The smallest absolute Gasteiger partial charge is 0.169 e. The zero-order valence-corrected chi connectivity index (χ0v) is 16.8. The molecule has 6 nitrogen and oxygen atoms in total. The standard InChI is InChI=1S/C19H28N4O2S/c1-5-24-17-8-7-15(13-18(17)25-6-2)9-11-20-19(26)22(3)14-16-10-12-23(4)21-16/h7-8,10,12-13H,5-6,9,11,14H2,1-4H3,(H,20,26). The maximum absolute atomic E-state index is 5.68. The van der Waals surface area contributed by atoms with Crippen LogP contribution in [0.15, 0.2) is 30.5 Å². The fourth-order valence-electron chi connectivity index (χ4n) is 2.56. The minimum Gasteiger partial charge on any atom is -0.490 e. The lowest BCUT2D eigenvalue weighted by Crippen LogP contribution is -2.37. The molecule has 1 aromatic carbocycles. The summed E-state index contributed by atoms with van der Waals surface area (Å²) >= 11 is 5.46. The molecular formula is C19H28N4O2S. The second-order valence-corrected chi connectivity index (χ2v) is 6.35. The van der Waals surface area contributed by atoms with Crippen LogP contribution in [0.1, 0.15) is 25.1 Å². The predicted molar refractivity (Wildman–Crippen MR) is 108 cm³/mol. The molecule has 1 heterocycles. The van der Waals surface area contributed by atoms with Crippen molar-refractivity contribution >= 4 is 17.3 Å². The van der Waals surface area contributed by atoms with E-state index in [0.29, 0.717) is 24.9 Å². The average Bonchev–Trinajstić information content (AvgIpc) is 3.02.